The van der Waals surface area contributed by atoms with E-state index in [0.717, 1.165) is 53.2 Å². The first-order valence-electron chi connectivity index (χ1n) is 18.6. The van der Waals surface area contributed by atoms with Gasteiger partial charge < -0.3 is 35.5 Å². The van der Waals surface area contributed by atoms with Crippen LogP contribution in [0.4, 0.5) is 4.79 Å². The number of carbonyl (C=O) groups is 3. The van der Waals surface area contributed by atoms with Gasteiger partial charge in [0.1, 0.15) is 17.1 Å². The van der Waals surface area contributed by atoms with Crippen LogP contribution in [0.5, 0.6) is 11.5 Å². The van der Waals surface area contributed by atoms with E-state index in [1.807, 2.05) is 78.5 Å². The Labute approximate surface area is 318 Å². The Hall–Kier alpha value is -4.26. The second-order valence-electron chi connectivity index (χ2n) is 13.4. The minimum atomic E-state index is -0.899. The van der Waals surface area contributed by atoms with Crippen molar-refractivity contribution in [3.63, 3.8) is 0 Å². The quantitative estimate of drug-likeness (QED) is 0.0651. The van der Waals surface area contributed by atoms with E-state index in [4.69, 9.17) is 14.2 Å². The lowest BCUT2D eigenvalue weighted by molar-refractivity contribution is -0.123. The van der Waals surface area contributed by atoms with Gasteiger partial charge >= 0.3 is 6.03 Å². The van der Waals surface area contributed by atoms with Crippen LogP contribution in [0.25, 0.3) is 0 Å². The van der Waals surface area contributed by atoms with Crippen LogP contribution in [-0.2, 0) is 19.9 Å². The first kappa shape index (κ1) is 39.9. The number of nitrogens with zero attached hydrogens (tertiary/aromatic N) is 1. The fourth-order valence-corrected chi connectivity index (χ4v) is 8.65. The molecule has 4 amide bonds. The number of ether oxygens (including phenoxy) is 3. The molecule has 0 bridgehead atoms. The average Bonchev–Trinajstić information content (AvgIpc) is 3.74. The van der Waals surface area contributed by atoms with E-state index in [2.05, 4.69) is 45.2 Å². The van der Waals surface area contributed by atoms with Crippen LogP contribution in [-0.4, -0.2) is 99.4 Å². The molecule has 2 heterocycles. The third kappa shape index (κ3) is 10.9. The van der Waals surface area contributed by atoms with Gasteiger partial charge in [0, 0.05) is 43.7 Å². The summed E-state index contributed by atoms with van der Waals surface area (Å²) in [4.78, 5) is 38.9. The predicted octanol–water partition coefficient (Wildman–Crippen LogP) is 4.89. The third-order valence-corrected chi connectivity index (χ3v) is 11.3. The molecule has 2 saturated heterocycles. The maximum absolute atomic E-state index is 12.9. The molecule has 4 N–H and O–H groups in total. The van der Waals surface area contributed by atoms with E-state index >= 15 is 0 Å². The second-order valence-corrected chi connectivity index (χ2v) is 14.7. The van der Waals surface area contributed by atoms with Crippen LogP contribution in [0.15, 0.2) is 78.9 Å². The number of rotatable bonds is 22. The molecule has 3 aromatic carbocycles. The van der Waals surface area contributed by atoms with Gasteiger partial charge in [-0.05, 0) is 73.2 Å². The number of nitrogens with one attached hydrogen (secondary N) is 4. The summed E-state index contributed by atoms with van der Waals surface area (Å²) in [7, 11) is 3.31. The SMILES string of the molecule is [CH2]CCN(CCCOC(c1ccccc1)(c1ccc(OC)cc1)c1ccc(OC)cc1)CC(=O)NCCNC(=O)CCCC[C@@H]1SC[C@@H]2NC(=O)N[C@@H]21. The number of hydrogen-bond acceptors (Lipinski definition) is 8. The van der Waals surface area contributed by atoms with Crippen LogP contribution >= 0.6 is 11.8 Å². The van der Waals surface area contributed by atoms with Crippen molar-refractivity contribution in [1.82, 2.24) is 26.2 Å². The molecule has 3 atom stereocenters. The number of unbranched alkanes of at least 4 members (excludes halogenated alkanes) is 1. The van der Waals surface area contributed by atoms with Gasteiger partial charge in [0.2, 0.25) is 11.8 Å². The van der Waals surface area contributed by atoms with Crippen molar-refractivity contribution < 1.29 is 28.6 Å². The molecule has 12 heteroatoms. The highest BCUT2D eigenvalue weighted by Gasteiger charge is 2.42. The summed E-state index contributed by atoms with van der Waals surface area (Å²) in [5.74, 6) is 2.36. The molecular weight excluding hydrogens is 691 g/mol. The van der Waals surface area contributed by atoms with Crippen molar-refractivity contribution >= 4 is 29.6 Å². The molecule has 0 spiro atoms. The highest BCUT2D eigenvalue weighted by Crippen LogP contribution is 2.42. The predicted molar refractivity (Wildman–Crippen MR) is 209 cm³/mol. The van der Waals surface area contributed by atoms with Crippen molar-refractivity contribution in [1.29, 1.82) is 0 Å². The summed E-state index contributed by atoms with van der Waals surface area (Å²) in [5.41, 5.74) is 2.03. The summed E-state index contributed by atoms with van der Waals surface area (Å²) < 4.78 is 17.9. The van der Waals surface area contributed by atoms with Crippen LogP contribution in [0, 0.1) is 6.92 Å². The second kappa shape index (κ2) is 20.3. The zero-order chi connectivity index (χ0) is 37.5. The van der Waals surface area contributed by atoms with Gasteiger partial charge in [-0.1, -0.05) is 67.9 Å². The smallest absolute Gasteiger partial charge is 0.315 e. The molecule has 2 aliphatic heterocycles. The first-order chi connectivity index (χ1) is 25.9. The van der Waals surface area contributed by atoms with Crippen molar-refractivity contribution in [3.8, 4) is 11.5 Å². The van der Waals surface area contributed by atoms with E-state index in [1.54, 1.807) is 14.2 Å². The number of benzene rings is 3. The summed E-state index contributed by atoms with van der Waals surface area (Å²) in [6.45, 7) is 6.76. The van der Waals surface area contributed by atoms with Gasteiger partial charge in [0.15, 0.2) is 0 Å². The molecule has 285 valence electrons. The topological polar surface area (TPSA) is 130 Å². The number of fused-ring (bicyclic) bond motifs is 1. The van der Waals surface area contributed by atoms with Crippen molar-refractivity contribution in [3.05, 3.63) is 102 Å². The Morgan fingerprint density at radius 2 is 1.45 bits per heavy atom. The zero-order valence-electron chi connectivity index (χ0n) is 30.9. The minimum absolute atomic E-state index is 0.0124. The largest absolute Gasteiger partial charge is 0.497 e. The lowest BCUT2D eigenvalue weighted by atomic mass is 9.80. The average molecular weight is 745 g/mol. The highest BCUT2D eigenvalue weighted by atomic mass is 32.2. The van der Waals surface area contributed by atoms with Crippen molar-refractivity contribution in [2.24, 2.45) is 0 Å². The number of urea groups is 1. The number of amides is 4. The number of carbonyl (C=O) groups excluding carboxylic acids is 3. The van der Waals surface area contributed by atoms with Gasteiger partial charge in [-0.15, -0.1) is 0 Å². The molecule has 2 fully saturated rings. The van der Waals surface area contributed by atoms with Crippen LogP contribution in [0.1, 0.15) is 55.2 Å². The fraction of sp³-hybridized carbons (Fsp3) is 0.463. The van der Waals surface area contributed by atoms with E-state index in [1.165, 1.54) is 0 Å². The molecule has 5 rings (SSSR count). The summed E-state index contributed by atoms with van der Waals surface area (Å²) >= 11 is 1.89. The zero-order valence-corrected chi connectivity index (χ0v) is 31.8. The van der Waals surface area contributed by atoms with Gasteiger partial charge in [-0.3, -0.25) is 14.5 Å². The molecule has 0 saturated carbocycles. The molecule has 0 aromatic heterocycles. The van der Waals surface area contributed by atoms with Crippen LogP contribution < -0.4 is 30.7 Å². The Balaban J connectivity index is 1.08. The molecule has 0 unspecified atom stereocenters. The monoisotopic (exact) mass is 744 g/mol. The molecule has 1 radical (unpaired) electrons. The van der Waals surface area contributed by atoms with Gasteiger partial charge in [-0.25, -0.2) is 4.79 Å². The van der Waals surface area contributed by atoms with E-state index in [-0.39, 0.29) is 36.5 Å². The lowest BCUT2D eigenvalue weighted by Crippen LogP contribution is -2.41. The standard InChI is InChI=1S/C41H54N5O6S/c1-4-25-46(28-38(48)43-24-23-42-37(47)14-9-8-13-36-39-35(29-53-36)44-40(49)45-39)26-10-27-52-41(30-11-6-5-7-12-30,31-15-19-33(50-2)20-16-31)32-17-21-34(51-3)22-18-32/h5-7,11-12,15-22,35-36,39H,1,4,8-10,13-14,23-29H2,2-3H3,(H,42,47)(H,43,48)(H2,44,45,49)/t35-,36-,39-/m0/s1. The Morgan fingerprint density at radius 3 is 2.08 bits per heavy atom. The van der Waals surface area contributed by atoms with Crippen LogP contribution in [0.2, 0.25) is 0 Å². The molecule has 53 heavy (non-hydrogen) atoms. The summed E-state index contributed by atoms with van der Waals surface area (Å²) in [6, 6.07) is 26.5. The first-order valence-corrected chi connectivity index (χ1v) is 19.6. The van der Waals surface area contributed by atoms with E-state index in [9.17, 15) is 14.4 Å². The summed E-state index contributed by atoms with van der Waals surface area (Å²) in [5, 5.41) is 12.2. The number of methoxy groups -OCH3 is 2. The maximum atomic E-state index is 12.9. The lowest BCUT2D eigenvalue weighted by Gasteiger charge is -2.36. The van der Waals surface area contributed by atoms with Gasteiger partial charge in [0.25, 0.3) is 0 Å². The number of hydrogen-bond donors (Lipinski definition) is 4. The van der Waals surface area contributed by atoms with Gasteiger partial charge in [0.05, 0.1) is 32.8 Å². The molecular formula is C41H54N5O6S. The van der Waals surface area contributed by atoms with Crippen molar-refractivity contribution in [2.45, 2.75) is 61.5 Å². The summed E-state index contributed by atoms with van der Waals surface area (Å²) in [6.07, 6.45) is 4.52. The normalized spacial score (nSPS) is 17.9. The highest BCUT2D eigenvalue weighted by molar-refractivity contribution is 8.00. The molecule has 11 nitrogen and oxygen atoms in total. The Kier molecular flexibility index (Phi) is 15.3. The molecule has 3 aromatic rings. The van der Waals surface area contributed by atoms with Crippen molar-refractivity contribution in [2.75, 3.05) is 59.3 Å². The number of thioether (sulfide) groups is 1. The minimum Gasteiger partial charge on any atom is -0.497 e. The van der Waals surface area contributed by atoms with E-state index < -0.39 is 5.60 Å². The van der Waals surface area contributed by atoms with Crippen LogP contribution in [0.3, 0.4) is 0 Å². The third-order valence-electron chi connectivity index (χ3n) is 9.80. The van der Waals surface area contributed by atoms with E-state index in [0.29, 0.717) is 57.3 Å². The Bertz CT molecular complexity index is 1550. The molecule has 2 aliphatic rings. The maximum Gasteiger partial charge on any atom is 0.315 e. The van der Waals surface area contributed by atoms with Gasteiger partial charge in [-0.2, -0.15) is 11.8 Å². The Morgan fingerprint density at radius 1 is 0.830 bits per heavy atom. The molecule has 0 aliphatic carbocycles. The fourth-order valence-electron chi connectivity index (χ4n) is 7.11.